The summed E-state index contributed by atoms with van der Waals surface area (Å²) in [6.45, 7) is 0. The van der Waals surface area contributed by atoms with Crippen molar-refractivity contribution < 1.29 is 0 Å². The van der Waals surface area contributed by atoms with Crippen LogP contribution in [-0.4, -0.2) is 11.9 Å². The molecule has 0 aromatic rings. The molecule has 0 amide bonds. The van der Waals surface area contributed by atoms with E-state index in [4.69, 9.17) is 10.7 Å². The molecule has 0 aromatic carbocycles. The Labute approximate surface area is 104 Å². The smallest absolute Gasteiger partial charge is 0.0972 e. The Balaban J connectivity index is 1.44. The predicted molar refractivity (Wildman–Crippen MR) is 69.8 cm³/mol. The third-order valence-corrected chi connectivity index (χ3v) is 6.02. The van der Waals surface area contributed by atoms with Crippen LogP contribution in [0.3, 0.4) is 0 Å². The van der Waals surface area contributed by atoms with Gasteiger partial charge in [0.05, 0.1) is 11.9 Å². The van der Waals surface area contributed by atoms with Crippen LogP contribution in [0.2, 0.25) is 0 Å². The number of hydrogen-bond acceptors (Lipinski definition) is 1. The maximum atomic E-state index is 6.25. The van der Waals surface area contributed by atoms with Gasteiger partial charge in [0.25, 0.3) is 0 Å². The first-order chi connectivity index (χ1) is 8.34. The number of nitrogens with two attached hydrogens (primary N) is 1. The maximum Gasteiger partial charge on any atom is 0.0972 e. The minimum atomic E-state index is 0.628. The van der Waals surface area contributed by atoms with E-state index in [9.17, 15) is 0 Å². The van der Waals surface area contributed by atoms with Crippen molar-refractivity contribution in [3.8, 4) is 0 Å². The molecule has 2 bridgehead atoms. The van der Waals surface area contributed by atoms with Gasteiger partial charge in [0.15, 0.2) is 0 Å². The standard InChI is InChI=1S/C15H24N2/c16-15(9-4-2-1-3-5-9)17-14-12-10-6-7-11(8-10)13(12)14/h9-14H,1-8H2,(H2,16,17). The Kier molecular flexibility index (Phi) is 2.28. The van der Waals surface area contributed by atoms with Gasteiger partial charge in [-0.3, -0.25) is 4.99 Å². The van der Waals surface area contributed by atoms with Gasteiger partial charge in [-0.25, -0.2) is 0 Å². The topological polar surface area (TPSA) is 38.4 Å². The van der Waals surface area contributed by atoms with E-state index >= 15 is 0 Å². The Morgan fingerprint density at radius 1 is 0.882 bits per heavy atom. The number of aliphatic imine (C=N–C) groups is 1. The van der Waals surface area contributed by atoms with E-state index in [1.807, 2.05) is 0 Å². The van der Waals surface area contributed by atoms with Gasteiger partial charge < -0.3 is 5.73 Å². The van der Waals surface area contributed by atoms with Crippen molar-refractivity contribution in [3.63, 3.8) is 0 Å². The normalized spacial score (nSPS) is 49.4. The first-order valence-electron chi connectivity index (χ1n) is 7.68. The van der Waals surface area contributed by atoms with Crippen molar-refractivity contribution in [2.45, 2.75) is 57.4 Å². The molecule has 4 saturated carbocycles. The van der Waals surface area contributed by atoms with E-state index in [2.05, 4.69) is 0 Å². The molecule has 4 aliphatic carbocycles. The summed E-state index contributed by atoms with van der Waals surface area (Å²) in [4.78, 5) is 4.93. The summed E-state index contributed by atoms with van der Waals surface area (Å²) in [5.41, 5.74) is 6.25. The maximum absolute atomic E-state index is 6.25. The van der Waals surface area contributed by atoms with Gasteiger partial charge in [-0.15, -0.1) is 0 Å². The summed E-state index contributed by atoms with van der Waals surface area (Å²) in [5.74, 6) is 5.61. The molecule has 4 fully saturated rings. The molecule has 0 saturated heterocycles. The summed E-state index contributed by atoms with van der Waals surface area (Å²) in [6.07, 6.45) is 11.2. The zero-order valence-electron chi connectivity index (χ0n) is 10.6. The molecule has 4 unspecified atom stereocenters. The highest BCUT2D eigenvalue weighted by Gasteiger charge is 2.65. The Morgan fingerprint density at radius 3 is 2.18 bits per heavy atom. The molecule has 94 valence electrons. The van der Waals surface area contributed by atoms with Gasteiger partial charge in [-0.1, -0.05) is 19.3 Å². The van der Waals surface area contributed by atoms with Crippen LogP contribution < -0.4 is 5.73 Å². The van der Waals surface area contributed by atoms with Crippen LogP contribution in [0.25, 0.3) is 0 Å². The molecule has 4 aliphatic rings. The number of rotatable bonds is 2. The molecule has 0 aromatic heterocycles. The third kappa shape index (κ3) is 1.56. The SMILES string of the molecule is NC(=NC1C2C3CCC(C3)C12)C1CCCCC1. The first-order valence-corrected chi connectivity index (χ1v) is 7.68. The highest BCUT2D eigenvalue weighted by atomic mass is 15.0. The van der Waals surface area contributed by atoms with Crippen molar-refractivity contribution in [2.75, 3.05) is 0 Å². The second-order valence-corrected chi connectivity index (χ2v) is 6.87. The fourth-order valence-electron chi connectivity index (χ4n) is 5.13. The molecule has 4 atom stereocenters. The molecule has 0 aliphatic heterocycles. The molecule has 2 nitrogen and oxygen atoms in total. The van der Waals surface area contributed by atoms with E-state index in [-0.39, 0.29) is 0 Å². The highest BCUT2D eigenvalue weighted by Crippen LogP contribution is 2.66. The van der Waals surface area contributed by atoms with E-state index in [1.54, 1.807) is 0 Å². The van der Waals surface area contributed by atoms with Crippen LogP contribution in [0, 0.1) is 29.6 Å². The van der Waals surface area contributed by atoms with Crippen LogP contribution >= 0.6 is 0 Å². The molecule has 2 heteroatoms. The van der Waals surface area contributed by atoms with E-state index in [1.165, 1.54) is 51.4 Å². The average molecular weight is 232 g/mol. The number of hydrogen-bond donors (Lipinski definition) is 1. The fraction of sp³-hybridized carbons (Fsp3) is 0.933. The zero-order valence-corrected chi connectivity index (χ0v) is 10.6. The van der Waals surface area contributed by atoms with E-state index in [0.29, 0.717) is 12.0 Å². The molecule has 0 radical (unpaired) electrons. The Bertz CT molecular complexity index is 327. The van der Waals surface area contributed by atoms with E-state index in [0.717, 1.165) is 29.5 Å². The van der Waals surface area contributed by atoms with Crippen molar-refractivity contribution in [1.82, 2.24) is 0 Å². The lowest BCUT2D eigenvalue weighted by atomic mass is 9.88. The lowest BCUT2D eigenvalue weighted by Gasteiger charge is -2.21. The van der Waals surface area contributed by atoms with Gasteiger partial charge >= 0.3 is 0 Å². The van der Waals surface area contributed by atoms with Crippen molar-refractivity contribution in [2.24, 2.45) is 40.3 Å². The van der Waals surface area contributed by atoms with Crippen LogP contribution in [-0.2, 0) is 0 Å². The van der Waals surface area contributed by atoms with Gasteiger partial charge in [0.1, 0.15) is 0 Å². The van der Waals surface area contributed by atoms with Gasteiger partial charge in [-0.05, 0) is 55.8 Å². The summed E-state index contributed by atoms with van der Waals surface area (Å²) >= 11 is 0. The molecule has 17 heavy (non-hydrogen) atoms. The lowest BCUT2D eigenvalue weighted by molar-refractivity contribution is 0.434. The van der Waals surface area contributed by atoms with Gasteiger partial charge in [0.2, 0.25) is 0 Å². The van der Waals surface area contributed by atoms with Crippen LogP contribution in [0.15, 0.2) is 4.99 Å². The molecule has 0 heterocycles. The van der Waals surface area contributed by atoms with Gasteiger partial charge in [0, 0.05) is 5.92 Å². The summed E-state index contributed by atoms with van der Waals surface area (Å²) in [7, 11) is 0. The zero-order chi connectivity index (χ0) is 11.4. The van der Waals surface area contributed by atoms with Crippen molar-refractivity contribution in [1.29, 1.82) is 0 Å². The minimum absolute atomic E-state index is 0.628. The summed E-state index contributed by atoms with van der Waals surface area (Å²) in [5, 5.41) is 0. The predicted octanol–water partition coefficient (Wildman–Crippen LogP) is 2.97. The molecular formula is C15H24N2. The van der Waals surface area contributed by atoms with Crippen molar-refractivity contribution >= 4 is 5.84 Å². The quantitative estimate of drug-likeness (QED) is 0.577. The Morgan fingerprint density at radius 2 is 1.53 bits per heavy atom. The number of nitrogens with zero attached hydrogens (tertiary/aromatic N) is 1. The minimum Gasteiger partial charge on any atom is -0.387 e. The second-order valence-electron chi connectivity index (χ2n) is 6.87. The average Bonchev–Trinajstić information content (AvgIpc) is 2.76. The third-order valence-electron chi connectivity index (χ3n) is 6.02. The fourth-order valence-corrected chi connectivity index (χ4v) is 5.13. The number of amidine groups is 1. The van der Waals surface area contributed by atoms with Gasteiger partial charge in [-0.2, -0.15) is 0 Å². The van der Waals surface area contributed by atoms with Crippen LogP contribution in [0.5, 0.6) is 0 Å². The molecule has 2 N–H and O–H groups in total. The second kappa shape index (κ2) is 3.73. The number of fused-ring (bicyclic) bond motifs is 5. The molecule has 0 spiro atoms. The van der Waals surface area contributed by atoms with Crippen LogP contribution in [0.1, 0.15) is 51.4 Å². The Hall–Kier alpha value is -0.530. The highest BCUT2D eigenvalue weighted by molar-refractivity contribution is 5.83. The first kappa shape index (κ1) is 10.4. The van der Waals surface area contributed by atoms with Crippen LogP contribution in [0.4, 0.5) is 0 Å². The van der Waals surface area contributed by atoms with E-state index < -0.39 is 0 Å². The lowest BCUT2D eigenvalue weighted by Crippen LogP contribution is -2.26. The summed E-state index contributed by atoms with van der Waals surface area (Å²) in [6, 6.07) is 0.656. The van der Waals surface area contributed by atoms with Crippen molar-refractivity contribution in [3.05, 3.63) is 0 Å². The molecular weight excluding hydrogens is 208 g/mol. The summed E-state index contributed by atoms with van der Waals surface area (Å²) < 4.78 is 0. The largest absolute Gasteiger partial charge is 0.387 e. The monoisotopic (exact) mass is 232 g/mol. The molecule has 4 rings (SSSR count).